The van der Waals surface area contributed by atoms with Crippen molar-refractivity contribution in [2.24, 2.45) is 0 Å². The van der Waals surface area contributed by atoms with Crippen LogP contribution in [0.25, 0.3) is 0 Å². The topological polar surface area (TPSA) is 92.7 Å². The summed E-state index contributed by atoms with van der Waals surface area (Å²) in [5.41, 5.74) is 2.24. The van der Waals surface area contributed by atoms with Gasteiger partial charge in [-0.2, -0.15) is 8.42 Å². The monoisotopic (exact) mass is 483 g/mol. The van der Waals surface area contributed by atoms with Crippen LogP contribution in [0.3, 0.4) is 0 Å². The highest BCUT2D eigenvalue weighted by Crippen LogP contribution is 2.19. The van der Waals surface area contributed by atoms with Crippen LogP contribution >= 0.6 is 15.9 Å². The fourth-order valence-electron chi connectivity index (χ4n) is 3.07. The molecule has 158 valence electrons. The van der Waals surface area contributed by atoms with Crippen molar-refractivity contribution in [3.63, 3.8) is 0 Å². The summed E-state index contributed by atoms with van der Waals surface area (Å²) in [6, 6.07) is 14.5. The minimum Gasteiger partial charge on any atom is -0.465 e. The summed E-state index contributed by atoms with van der Waals surface area (Å²) >= 11 is 3.47. The van der Waals surface area contributed by atoms with Gasteiger partial charge in [-0.05, 0) is 62.9 Å². The number of esters is 1. The Morgan fingerprint density at radius 2 is 1.90 bits per heavy atom. The molecular weight excluding hydrogens is 458 g/mol. The van der Waals surface area contributed by atoms with Gasteiger partial charge >= 0.3 is 5.97 Å². The normalized spacial score (nSPS) is 18.6. The summed E-state index contributed by atoms with van der Waals surface area (Å²) in [6.07, 6.45) is 2.85. The fourth-order valence-corrected chi connectivity index (χ4v) is 3.99. The summed E-state index contributed by atoms with van der Waals surface area (Å²) in [7, 11) is -4.02. The average Bonchev–Trinajstić information content (AvgIpc) is 3.11. The first kappa shape index (κ1) is 23.5. The lowest BCUT2D eigenvalue weighted by Crippen LogP contribution is -2.37. The van der Waals surface area contributed by atoms with Gasteiger partial charge in [-0.15, -0.1) is 0 Å². The van der Waals surface area contributed by atoms with Crippen molar-refractivity contribution in [2.45, 2.75) is 50.1 Å². The molecule has 0 amide bonds. The van der Waals surface area contributed by atoms with Gasteiger partial charge in [-0.1, -0.05) is 45.8 Å². The molecule has 0 saturated carbocycles. The Kier molecular flexibility index (Phi) is 8.82. The molecule has 29 heavy (non-hydrogen) atoms. The number of benzene rings is 2. The molecule has 1 aliphatic heterocycles. The summed E-state index contributed by atoms with van der Waals surface area (Å²) < 4.78 is 35.7. The van der Waals surface area contributed by atoms with Crippen molar-refractivity contribution in [1.82, 2.24) is 5.32 Å². The van der Waals surface area contributed by atoms with Crippen LogP contribution in [0.1, 0.15) is 30.9 Å². The Hall–Kier alpha value is -1.74. The highest BCUT2D eigenvalue weighted by Gasteiger charge is 2.29. The molecule has 0 bridgehead atoms. The summed E-state index contributed by atoms with van der Waals surface area (Å²) in [5, 5.41) is 3.35. The second-order valence-corrected chi connectivity index (χ2v) is 9.20. The molecular formula is C21H26BrNO5S. The van der Waals surface area contributed by atoms with Gasteiger partial charge < -0.3 is 10.1 Å². The van der Waals surface area contributed by atoms with E-state index in [1.807, 2.05) is 26.0 Å². The first-order chi connectivity index (χ1) is 13.7. The quantitative estimate of drug-likeness (QED) is 0.494. The predicted molar refractivity (Wildman–Crippen MR) is 115 cm³/mol. The van der Waals surface area contributed by atoms with E-state index >= 15 is 0 Å². The van der Waals surface area contributed by atoms with Crippen LogP contribution < -0.4 is 5.32 Å². The zero-order valence-electron chi connectivity index (χ0n) is 16.5. The molecule has 0 radical (unpaired) electrons. The minimum atomic E-state index is -4.02. The Labute approximate surface area is 180 Å². The van der Waals surface area contributed by atoms with Crippen LogP contribution in [0, 0.1) is 6.92 Å². The number of ether oxygens (including phenoxy) is 1. The molecule has 2 aromatic rings. The molecule has 6 nitrogen and oxygen atoms in total. The van der Waals surface area contributed by atoms with E-state index in [0.29, 0.717) is 12.6 Å². The first-order valence-corrected chi connectivity index (χ1v) is 11.6. The Bertz CT molecular complexity index is 915. The van der Waals surface area contributed by atoms with Crippen LogP contribution in [0.5, 0.6) is 0 Å². The van der Waals surface area contributed by atoms with Crippen LogP contribution in [0.2, 0.25) is 0 Å². The SMILES string of the molecule is CCOC(=O)C1CCC(Cc2cccc(Br)c2)N1.Cc1ccc(S(=O)(=O)O)cc1. The Morgan fingerprint density at radius 3 is 2.48 bits per heavy atom. The minimum absolute atomic E-state index is 0.0666. The van der Waals surface area contributed by atoms with Crippen molar-refractivity contribution in [3.8, 4) is 0 Å². The van der Waals surface area contributed by atoms with E-state index in [0.717, 1.165) is 29.3 Å². The zero-order valence-corrected chi connectivity index (χ0v) is 18.9. The van der Waals surface area contributed by atoms with E-state index in [1.165, 1.54) is 17.7 Å². The number of hydrogen-bond acceptors (Lipinski definition) is 5. The molecule has 8 heteroatoms. The number of hydrogen-bond donors (Lipinski definition) is 2. The predicted octanol–water partition coefficient (Wildman–Crippen LogP) is 3.92. The van der Waals surface area contributed by atoms with Crippen LogP contribution in [-0.2, 0) is 26.1 Å². The average molecular weight is 484 g/mol. The molecule has 2 N–H and O–H groups in total. The van der Waals surface area contributed by atoms with Gasteiger partial charge in [0.05, 0.1) is 11.5 Å². The van der Waals surface area contributed by atoms with Crippen molar-refractivity contribution >= 4 is 32.0 Å². The second-order valence-electron chi connectivity index (χ2n) is 6.87. The smallest absolute Gasteiger partial charge is 0.323 e. The third-order valence-electron chi connectivity index (χ3n) is 4.50. The van der Waals surface area contributed by atoms with Crippen molar-refractivity contribution in [3.05, 3.63) is 64.1 Å². The molecule has 3 rings (SSSR count). The number of nitrogens with one attached hydrogen (secondary N) is 1. The molecule has 1 fully saturated rings. The third kappa shape index (κ3) is 7.89. The largest absolute Gasteiger partial charge is 0.465 e. The van der Waals surface area contributed by atoms with Gasteiger partial charge in [0.2, 0.25) is 0 Å². The van der Waals surface area contributed by atoms with E-state index in [2.05, 4.69) is 33.4 Å². The Morgan fingerprint density at radius 1 is 1.21 bits per heavy atom. The fraction of sp³-hybridized carbons (Fsp3) is 0.381. The maximum atomic E-state index is 11.6. The summed E-state index contributed by atoms with van der Waals surface area (Å²) in [4.78, 5) is 11.5. The lowest BCUT2D eigenvalue weighted by atomic mass is 10.0. The van der Waals surface area contributed by atoms with Crippen LogP contribution in [0.4, 0.5) is 0 Å². The summed E-state index contributed by atoms with van der Waals surface area (Å²) in [6.45, 7) is 4.13. The molecule has 2 atom stereocenters. The van der Waals surface area contributed by atoms with Gasteiger partial charge in [-0.25, -0.2) is 0 Å². The van der Waals surface area contributed by atoms with E-state index < -0.39 is 10.1 Å². The molecule has 2 aromatic carbocycles. The lowest BCUT2D eigenvalue weighted by Gasteiger charge is -2.13. The molecule has 0 aromatic heterocycles. The number of aryl methyl sites for hydroxylation is 1. The zero-order chi connectivity index (χ0) is 21.4. The Balaban J connectivity index is 0.000000234. The van der Waals surface area contributed by atoms with E-state index in [4.69, 9.17) is 9.29 Å². The molecule has 0 spiro atoms. The number of rotatable bonds is 5. The van der Waals surface area contributed by atoms with Crippen molar-refractivity contribution in [2.75, 3.05) is 6.61 Å². The number of halogens is 1. The van der Waals surface area contributed by atoms with Gasteiger partial charge in [0.15, 0.2) is 0 Å². The first-order valence-electron chi connectivity index (χ1n) is 9.40. The molecule has 1 saturated heterocycles. The van der Waals surface area contributed by atoms with Gasteiger partial charge in [0, 0.05) is 10.5 Å². The summed E-state index contributed by atoms with van der Waals surface area (Å²) in [5.74, 6) is -0.116. The number of carbonyl (C=O) groups excluding carboxylic acids is 1. The third-order valence-corrected chi connectivity index (χ3v) is 5.86. The van der Waals surface area contributed by atoms with Crippen molar-refractivity contribution in [1.29, 1.82) is 0 Å². The maximum absolute atomic E-state index is 11.6. The van der Waals surface area contributed by atoms with E-state index in [-0.39, 0.29) is 16.9 Å². The lowest BCUT2D eigenvalue weighted by molar-refractivity contribution is -0.145. The van der Waals surface area contributed by atoms with Gasteiger partial charge in [0.25, 0.3) is 10.1 Å². The molecule has 1 aliphatic rings. The molecule has 0 aliphatic carbocycles. The highest BCUT2D eigenvalue weighted by molar-refractivity contribution is 9.10. The van der Waals surface area contributed by atoms with Gasteiger partial charge in [-0.3, -0.25) is 9.35 Å². The highest BCUT2D eigenvalue weighted by atomic mass is 79.9. The van der Waals surface area contributed by atoms with Crippen molar-refractivity contribution < 1.29 is 22.5 Å². The van der Waals surface area contributed by atoms with E-state index in [1.54, 1.807) is 12.1 Å². The number of carbonyl (C=O) groups is 1. The van der Waals surface area contributed by atoms with Crippen LogP contribution in [0.15, 0.2) is 57.9 Å². The van der Waals surface area contributed by atoms with Crippen LogP contribution in [-0.4, -0.2) is 37.6 Å². The molecule has 2 unspecified atom stereocenters. The molecule has 1 heterocycles. The second kappa shape index (κ2) is 10.9. The van der Waals surface area contributed by atoms with Gasteiger partial charge in [0.1, 0.15) is 6.04 Å². The standard InChI is InChI=1S/C14H18BrNO2.C7H8O3S/c1-2-18-14(17)13-7-6-12(16-13)9-10-4-3-5-11(15)8-10;1-6-2-4-7(5-3-6)11(8,9)10/h3-5,8,12-13,16H,2,6-7,9H2,1H3;2-5H,1H3,(H,8,9,10). The van der Waals surface area contributed by atoms with E-state index in [9.17, 15) is 13.2 Å². The maximum Gasteiger partial charge on any atom is 0.323 e.